The number of hydrogen-bond acceptors (Lipinski definition) is 4. The lowest BCUT2D eigenvalue weighted by Gasteiger charge is -2.18. The molecule has 1 aliphatic carbocycles. The Morgan fingerprint density at radius 3 is 2.58 bits per heavy atom. The van der Waals surface area contributed by atoms with Crippen LogP contribution < -0.4 is 10.6 Å². The lowest BCUT2D eigenvalue weighted by molar-refractivity contribution is -0.115. The lowest BCUT2D eigenvalue weighted by atomic mass is 9.86. The van der Waals surface area contributed by atoms with Crippen molar-refractivity contribution in [1.82, 2.24) is 5.32 Å². The van der Waals surface area contributed by atoms with E-state index in [0.717, 1.165) is 53.3 Å². The predicted molar refractivity (Wildman–Crippen MR) is 146 cm³/mol. The molecule has 5 nitrogen and oxygen atoms in total. The van der Waals surface area contributed by atoms with Crippen LogP contribution in [0, 0.1) is 0 Å². The Labute approximate surface area is 215 Å². The molecule has 2 aromatic heterocycles. The second-order valence-electron chi connectivity index (χ2n) is 10.5. The van der Waals surface area contributed by atoms with Crippen molar-refractivity contribution >= 4 is 39.1 Å². The van der Waals surface area contributed by atoms with Gasteiger partial charge in [-0.2, -0.15) is 0 Å². The van der Waals surface area contributed by atoms with Gasteiger partial charge in [-0.15, -0.1) is 11.3 Å². The van der Waals surface area contributed by atoms with Crippen molar-refractivity contribution in [2.45, 2.75) is 64.8 Å². The SMILES string of the molecule is CC(C)(C)c1ccc2occ(CC(=O)Nc3sc4c(c3C(=O)NCc3ccccc3)CCCC4)c2c1. The average molecular weight is 501 g/mol. The zero-order chi connectivity index (χ0) is 25.3. The number of hydrogen-bond donors (Lipinski definition) is 2. The Morgan fingerprint density at radius 1 is 1.03 bits per heavy atom. The van der Waals surface area contributed by atoms with Crippen LogP contribution in [0.3, 0.4) is 0 Å². The number of furan rings is 1. The van der Waals surface area contributed by atoms with Gasteiger partial charge in [0.2, 0.25) is 5.91 Å². The second-order valence-corrected chi connectivity index (χ2v) is 11.6. The fourth-order valence-electron chi connectivity index (χ4n) is 4.79. The number of fused-ring (bicyclic) bond motifs is 2. The highest BCUT2D eigenvalue weighted by Gasteiger charge is 2.26. The minimum absolute atomic E-state index is 0.00302. The molecular weight excluding hydrogens is 468 g/mol. The zero-order valence-corrected chi connectivity index (χ0v) is 21.9. The first-order valence-electron chi connectivity index (χ1n) is 12.6. The van der Waals surface area contributed by atoms with E-state index in [1.165, 1.54) is 10.4 Å². The van der Waals surface area contributed by atoms with E-state index in [1.54, 1.807) is 17.6 Å². The average Bonchev–Trinajstić information content (AvgIpc) is 3.43. The summed E-state index contributed by atoms with van der Waals surface area (Å²) >= 11 is 1.55. The van der Waals surface area contributed by atoms with Crippen LogP contribution >= 0.6 is 11.3 Å². The highest BCUT2D eigenvalue weighted by atomic mass is 32.1. The number of anilines is 1. The van der Waals surface area contributed by atoms with Crippen LogP contribution in [0.4, 0.5) is 5.00 Å². The maximum absolute atomic E-state index is 13.3. The van der Waals surface area contributed by atoms with Crippen LogP contribution in [0.1, 0.15) is 71.1 Å². The van der Waals surface area contributed by atoms with Gasteiger partial charge in [0.15, 0.2) is 0 Å². The van der Waals surface area contributed by atoms with Gasteiger partial charge < -0.3 is 15.1 Å². The Kier molecular flexibility index (Phi) is 6.71. The molecule has 0 atom stereocenters. The van der Waals surface area contributed by atoms with Crippen molar-refractivity contribution < 1.29 is 14.0 Å². The number of carbonyl (C=O) groups is 2. The van der Waals surface area contributed by atoms with Crippen molar-refractivity contribution in [2.24, 2.45) is 0 Å². The standard InChI is InChI=1S/C30H32N2O3S/c1-30(2,3)21-13-14-24-23(16-21)20(18-35-24)15-26(33)32-29-27(22-11-7-8-12-25(22)36-29)28(34)31-17-19-9-5-4-6-10-19/h4-6,9-10,13-14,16,18H,7-8,11-12,15,17H2,1-3H3,(H,31,34)(H,32,33). The van der Waals surface area contributed by atoms with Gasteiger partial charge in [0.05, 0.1) is 18.2 Å². The highest BCUT2D eigenvalue weighted by Crippen LogP contribution is 2.38. The molecule has 2 heterocycles. The molecule has 1 aliphatic rings. The third-order valence-corrected chi connectivity index (χ3v) is 8.03. The first-order valence-corrected chi connectivity index (χ1v) is 13.4. The van der Waals surface area contributed by atoms with E-state index in [4.69, 9.17) is 4.42 Å². The summed E-state index contributed by atoms with van der Waals surface area (Å²) in [5.74, 6) is -0.272. The summed E-state index contributed by atoms with van der Waals surface area (Å²) in [5, 5.41) is 7.74. The van der Waals surface area contributed by atoms with Gasteiger partial charge in [-0.1, -0.05) is 57.2 Å². The van der Waals surface area contributed by atoms with Gasteiger partial charge in [-0.25, -0.2) is 0 Å². The van der Waals surface area contributed by atoms with Gasteiger partial charge in [-0.3, -0.25) is 9.59 Å². The molecule has 0 radical (unpaired) electrons. The molecule has 5 rings (SSSR count). The van der Waals surface area contributed by atoms with Crippen LogP contribution in [0.2, 0.25) is 0 Å². The number of benzene rings is 2. The summed E-state index contributed by atoms with van der Waals surface area (Å²) in [7, 11) is 0. The Bertz CT molecular complexity index is 1410. The van der Waals surface area contributed by atoms with E-state index < -0.39 is 0 Å². The molecule has 0 spiro atoms. The van der Waals surface area contributed by atoms with E-state index in [9.17, 15) is 9.59 Å². The number of carbonyl (C=O) groups excluding carboxylic acids is 2. The van der Waals surface area contributed by atoms with E-state index in [2.05, 4.69) is 43.5 Å². The van der Waals surface area contributed by atoms with E-state index in [1.807, 2.05) is 36.4 Å². The molecule has 0 saturated carbocycles. The molecule has 2 amide bonds. The smallest absolute Gasteiger partial charge is 0.254 e. The predicted octanol–water partition coefficient (Wildman–Crippen LogP) is 6.78. The monoisotopic (exact) mass is 500 g/mol. The topological polar surface area (TPSA) is 71.3 Å². The molecule has 0 fully saturated rings. The van der Waals surface area contributed by atoms with Crippen molar-refractivity contribution in [2.75, 3.05) is 5.32 Å². The molecule has 0 saturated heterocycles. The van der Waals surface area contributed by atoms with Crippen LogP contribution in [-0.2, 0) is 36.0 Å². The van der Waals surface area contributed by atoms with Crippen LogP contribution in [-0.4, -0.2) is 11.8 Å². The van der Waals surface area contributed by atoms with Crippen molar-refractivity contribution in [3.05, 3.63) is 87.5 Å². The molecule has 0 aliphatic heterocycles. The van der Waals surface area contributed by atoms with E-state index in [-0.39, 0.29) is 23.7 Å². The van der Waals surface area contributed by atoms with Crippen molar-refractivity contribution in [1.29, 1.82) is 0 Å². The molecule has 2 N–H and O–H groups in total. The van der Waals surface area contributed by atoms with Crippen molar-refractivity contribution in [3.63, 3.8) is 0 Å². The molecule has 36 heavy (non-hydrogen) atoms. The molecule has 186 valence electrons. The van der Waals surface area contributed by atoms with E-state index in [0.29, 0.717) is 17.1 Å². The van der Waals surface area contributed by atoms with Gasteiger partial charge in [0, 0.05) is 22.4 Å². The molecule has 6 heteroatoms. The fourth-order valence-corrected chi connectivity index (χ4v) is 6.09. The summed E-state index contributed by atoms with van der Waals surface area (Å²) in [5.41, 5.74) is 5.59. The Morgan fingerprint density at radius 2 is 1.81 bits per heavy atom. The fraction of sp³-hybridized carbons (Fsp3) is 0.333. The van der Waals surface area contributed by atoms with Crippen LogP contribution in [0.5, 0.6) is 0 Å². The normalized spacial score (nSPS) is 13.4. The maximum atomic E-state index is 13.3. The molecule has 2 aromatic carbocycles. The molecular formula is C30H32N2O3S. The number of nitrogens with one attached hydrogen (secondary N) is 2. The third kappa shape index (κ3) is 5.09. The summed E-state index contributed by atoms with van der Waals surface area (Å²) in [6.45, 7) is 6.96. The number of thiophene rings is 1. The second kappa shape index (κ2) is 9.94. The largest absolute Gasteiger partial charge is 0.464 e. The van der Waals surface area contributed by atoms with Gasteiger partial charge in [0.1, 0.15) is 10.6 Å². The minimum atomic E-state index is -0.144. The maximum Gasteiger partial charge on any atom is 0.254 e. The third-order valence-electron chi connectivity index (χ3n) is 6.82. The molecule has 0 bridgehead atoms. The highest BCUT2D eigenvalue weighted by molar-refractivity contribution is 7.17. The lowest BCUT2D eigenvalue weighted by Crippen LogP contribution is -2.25. The number of rotatable bonds is 6. The van der Waals surface area contributed by atoms with Gasteiger partial charge in [-0.05, 0) is 59.9 Å². The first-order chi connectivity index (χ1) is 17.3. The number of aryl methyl sites for hydroxylation is 1. The number of amides is 2. The Hall–Kier alpha value is -3.38. The van der Waals surface area contributed by atoms with Crippen molar-refractivity contribution in [3.8, 4) is 0 Å². The molecule has 4 aromatic rings. The first kappa shape index (κ1) is 24.3. The summed E-state index contributed by atoms with van der Waals surface area (Å²) in [6, 6.07) is 16.0. The van der Waals surface area contributed by atoms with Gasteiger partial charge in [0.25, 0.3) is 5.91 Å². The van der Waals surface area contributed by atoms with Crippen LogP contribution in [0.15, 0.2) is 59.2 Å². The summed E-state index contributed by atoms with van der Waals surface area (Å²) in [6.07, 6.45) is 5.86. The quantitative estimate of drug-likeness (QED) is 0.306. The summed E-state index contributed by atoms with van der Waals surface area (Å²) < 4.78 is 5.73. The Balaban J connectivity index is 1.37. The van der Waals surface area contributed by atoms with E-state index >= 15 is 0 Å². The van der Waals surface area contributed by atoms with Crippen LogP contribution in [0.25, 0.3) is 11.0 Å². The summed E-state index contributed by atoms with van der Waals surface area (Å²) in [4.78, 5) is 27.7. The van der Waals surface area contributed by atoms with Gasteiger partial charge >= 0.3 is 0 Å². The minimum Gasteiger partial charge on any atom is -0.464 e. The zero-order valence-electron chi connectivity index (χ0n) is 21.1. The molecule has 0 unspecified atom stereocenters.